The third-order valence-electron chi connectivity index (χ3n) is 7.07. The first-order valence-corrected chi connectivity index (χ1v) is 10.7. The van der Waals surface area contributed by atoms with Crippen LogP contribution in [-0.4, -0.2) is 30.8 Å². The molecular formula is C20H24N2O5S. The summed E-state index contributed by atoms with van der Waals surface area (Å²) in [4.78, 5) is 12.7. The number of nitriles is 1. The Bertz CT molecular complexity index is 975. The molecule has 0 heterocycles. The van der Waals surface area contributed by atoms with Gasteiger partial charge in [-0.3, -0.25) is 9.08 Å². The lowest BCUT2D eigenvalue weighted by atomic mass is 9.66. The Hall–Kier alpha value is -2.24. The van der Waals surface area contributed by atoms with Gasteiger partial charge in [0.2, 0.25) is 0 Å². The SMILES string of the molecule is CC12CCC(CS(=O)(=O)O/N=C(\C#N)c3ccc(CO)cc3)(C(=O)C1)C2(C)C. The van der Waals surface area contributed by atoms with Crippen LogP contribution in [0.15, 0.2) is 29.4 Å². The van der Waals surface area contributed by atoms with Crippen molar-refractivity contribution in [2.24, 2.45) is 21.4 Å². The summed E-state index contributed by atoms with van der Waals surface area (Å²) < 4.78 is 30.1. The molecule has 28 heavy (non-hydrogen) atoms. The number of oxime groups is 1. The van der Waals surface area contributed by atoms with Gasteiger partial charge in [-0.15, -0.1) is 0 Å². The van der Waals surface area contributed by atoms with E-state index in [1.165, 1.54) is 0 Å². The smallest absolute Gasteiger partial charge is 0.329 e. The molecule has 2 bridgehead atoms. The highest BCUT2D eigenvalue weighted by Crippen LogP contribution is 2.70. The van der Waals surface area contributed by atoms with E-state index in [9.17, 15) is 18.5 Å². The van der Waals surface area contributed by atoms with Crippen molar-refractivity contribution in [2.75, 3.05) is 5.75 Å². The summed E-state index contributed by atoms with van der Waals surface area (Å²) in [7, 11) is -4.17. The molecule has 2 fully saturated rings. The molecule has 0 amide bonds. The number of carbonyl (C=O) groups excluding carboxylic acids is 1. The van der Waals surface area contributed by atoms with E-state index in [1.807, 2.05) is 26.8 Å². The normalized spacial score (nSPS) is 29.0. The van der Waals surface area contributed by atoms with Crippen molar-refractivity contribution in [2.45, 2.75) is 46.6 Å². The third kappa shape index (κ3) is 3.03. The zero-order chi connectivity index (χ0) is 20.8. The second kappa shape index (κ2) is 6.68. The number of aliphatic hydroxyl groups excluding tert-OH is 1. The fraction of sp³-hybridized carbons (Fsp3) is 0.550. The summed E-state index contributed by atoms with van der Waals surface area (Å²) in [6.45, 7) is 5.80. The number of benzene rings is 1. The Morgan fingerprint density at radius 3 is 2.36 bits per heavy atom. The van der Waals surface area contributed by atoms with Crippen LogP contribution < -0.4 is 0 Å². The van der Waals surface area contributed by atoms with Crippen LogP contribution in [0.5, 0.6) is 0 Å². The maximum atomic E-state index is 12.7. The Morgan fingerprint density at radius 2 is 1.89 bits per heavy atom. The van der Waals surface area contributed by atoms with Crippen LogP contribution in [0.1, 0.15) is 51.2 Å². The molecule has 2 unspecified atom stereocenters. The van der Waals surface area contributed by atoms with Gasteiger partial charge < -0.3 is 5.11 Å². The van der Waals surface area contributed by atoms with Crippen LogP contribution in [-0.2, 0) is 25.8 Å². The Balaban J connectivity index is 1.83. The van der Waals surface area contributed by atoms with Crippen molar-refractivity contribution in [3.05, 3.63) is 35.4 Å². The first-order chi connectivity index (χ1) is 13.0. The van der Waals surface area contributed by atoms with Gasteiger partial charge in [0, 0.05) is 12.0 Å². The summed E-state index contributed by atoms with van der Waals surface area (Å²) in [5.74, 6) is -0.477. The fourth-order valence-electron chi connectivity index (χ4n) is 4.67. The fourth-order valence-corrected chi connectivity index (χ4v) is 6.18. The van der Waals surface area contributed by atoms with E-state index in [0.29, 0.717) is 24.0 Å². The summed E-state index contributed by atoms with van der Waals surface area (Å²) in [5.41, 5.74) is -0.825. The standard InChI is InChI=1S/C20H24N2O5S/c1-18(2)19(3)8-9-20(18,17(24)10-19)13-28(25,26)27-22-16(11-21)15-6-4-14(12-23)5-7-15/h4-7,23H,8-10,12-13H2,1-3H3/b22-16+. The molecule has 0 aliphatic heterocycles. The molecular weight excluding hydrogens is 380 g/mol. The number of fused-ring (bicyclic) bond motifs is 2. The molecule has 0 saturated heterocycles. The van der Waals surface area contributed by atoms with Crippen LogP contribution in [0.3, 0.4) is 0 Å². The second-order valence-electron chi connectivity index (χ2n) is 8.55. The van der Waals surface area contributed by atoms with Gasteiger partial charge in [-0.1, -0.05) is 50.2 Å². The zero-order valence-electron chi connectivity index (χ0n) is 16.2. The average Bonchev–Trinajstić information content (AvgIpc) is 2.91. The first-order valence-electron chi connectivity index (χ1n) is 9.13. The van der Waals surface area contributed by atoms with Gasteiger partial charge in [-0.05, 0) is 29.2 Å². The van der Waals surface area contributed by atoms with Crippen molar-refractivity contribution in [3.63, 3.8) is 0 Å². The quantitative estimate of drug-likeness (QED) is 0.575. The topological polar surface area (TPSA) is 117 Å². The van der Waals surface area contributed by atoms with E-state index in [2.05, 4.69) is 5.16 Å². The number of nitrogens with zero attached hydrogens (tertiary/aromatic N) is 2. The number of carbonyl (C=O) groups is 1. The molecule has 2 aliphatic rings. The monoisotopic (exact) mass is 404 g/mol. The Labute approximate surface area is 165 Å². The Morgan fingerprint density at radius 1 is 1.25 bits per heavy atom. The van der Waals surface area contributed by atoms with Crippen molar-refractivity contribution in [3.8, 4) is 6.07 Å². The van der Waals surface area contributed by atoms with Gasteiger partial charge in [0.05, 0.1) is 12.0 Å². The van der Waals surface area contributed by atoms with E-state index >= 15 is 0 Å². The molecule has 1 aromatic rings. The number of aliphatic hydroxyl groups is 1. The van der Waals surface area contributed by atoms with E-state index < -0.39 is 26.7 Å². The summed E-state index contributed by atoms with van der Waals surface area (Å²) in [6.07, 6.45) is 1.68. The molecule has 2 saturated carbocycles. The molecule has 1 N–H and O–H groups in total. The number of hydrogen-bond acceptors (Lipinski definition) is 7. The molecule has 8 heteroatoms. The van der Waals surface area contributed by atoms with Crippen molar-refractivity contribution < 1.29 is 22.6 Å². The average molecular weight is 404 g/mol. The summed E-state index contributed by atoms with van der Waals surface area (Å²) in [5, 5.41) is 21.9. The minimum absolute atomic E-state index is 0.0393. The van der Waals surface area contributed by atoms with E-state index in [-0.39, 0.29) is 23.5 Å². The predicted octanol–water partition coefficient (Wildman–Crippen LogP) is 2.54. The summed E-state index contributed by atoms with van der Waals surface area (Å²) >= 11 is 0. The minimum Gasteiger partial charge on any atom is -0.392 e. The largest absolute Gasteiger partial charge is 0.392 e. The van der Waals surface area contributed by atoms with Crippen LogP contribution in [0.2, 0.25) is 0 Å². The van der Waals surface area contributed by atoms with Crippen LogP contribution in [0.4, 0.5) is 0 Å². The molecule has 0 radical (unpaired) electrons. The van der Waals surface area contributed by atoms with Crippen LogP contribution >= 0.6 is 0 Å². The maximum Gasteiger partial charge on any atom is 0.329 e. The van der Waals surface area contributed by atoms with Gasteiger partial charge in [0.15, 0.2) is 5.71 Å². The Kier molecular flexibility index (Phi) is 4.89. The minimum atomic E-state index is -4.17. The highest BCUT2D eigenvalue weighted by atomic mass is 32.2. The molecule has 2 aliphatic carbocycles. The predicted molar refractivity (Wildman–Crippen MR) is 103 cm³/mol. The van der Waals surface area contributed by atoms with Gasteiger partial charge in [-0.2, -0.15) is 13.7 Å². The summed E-state index contributed by atoms with van der Waals surface area (Å²) in [6, 6.07) is 8.13. The molecule has 0 spiro atoms. The molecule has 150 valence electrons. The van der Waals surface area contributed by atoms with E-state index in [4.69, 9.17) is 9.39 Å². The van der Waals surface area contributed by atoms with Crippen LogP contribution in [0, 0.1) is 27.6 Å². The maximum absolute atomic E-state index is 12.7. The van der Waals surface area contributed by atoms with E-state index in [0.717, 1.165) is 6.42 Å². The van der Waals surface area contributed by atoms with Crippen LogP contribution in [0.25, 0.3) is 0 Å². The molecule has 7 nitrogen and oxygen atoms in total. The number of hydrogen-bond donors (Lipinski definition) is 1. The molecule has 1 aromatic carbocycles. The van der Waals surface area contributed by atoms with Crippen molar-refractivity contribution in [1.29, 1.82) is 5.26 Å². The van der Waals surface area contributed by atoms with Gasteiger partial charge in [0.1, 0.15) is 17.6 Å². The highest BCUT2D eigenvalue weighted by Gasteiger charge is 2.70. The van der Waals surface area contributed by atoms with Gasteiger partial charge in [-0.25, -0.2) is 0 Å². The number of ketones is 1. The van der Waals surface area contributed by atoms with Gasteiger partial charge >= 0.3 is 10.1 Å². The molecule has 2 atom stereocenters. The number of rotatable bonds is 6. The van der Waals surface area contributed by atoms with E-state index in [1.54, 1.807) is 24.3 Å². The van der Waals surface area contributed by atoms with Crippen molar-refractivity contribution in [1.82, 2.24) is 0 Å². The number of Topliss-reactive ketones (excluding diaryl/α,β-unsaturated/α-hetero) is 1. The van der Waals surface area contributed by atoms with Crippen molar-refractivity contribution >= 4 is 21.6 Å². The highest BCUT2D eigenvalue weighted by molar-refractivity contribution is 7.86. The first kappa shape index (κ1) is 20.5. The zero-order valence-corrected chi connectivity index (χ0v) is 17.0. The lowest BCUT2D eigenvalue weighted by Gasteiger charge is -2.39. The second-order valence-corrected chi connectivity index (χ2v) is 10.1. The lowest BCUT2D eigenvalue weighted by Crippen LogP contribution is -2.43. The molecule has 0 aromatic heterocycles. The third-order valence-corrected chi connectivity index (χ3v) is 8.22. The lowest BCUT2D eigenvalue weighted by molar-refractivity contribution is -0.128. The molecule has 3 rings (SSSR count). The van der Waals surface area contributed by atoms with Gasteiger partial charge in [0.25, 0.3) is 0 Å².